The minimum absolute atomic E-state index is 0.107. The van der Waals surface area contributed by atoms with Gasteiger partial charge in [0.2, 0.25) is 0 Å². The van der Waals surface area contributed by atoms with E-state index in [1.807, 2.05) is 82.3 Å². The van der Waals surface area contributed by atoms with E-state index in [0.29, 0.717) is 53.4 Å². The maximum Gasteiger partial charge on any atom is 0.265 e. The van der Waals surface area contributed by atoms with Crippen LogP contribution < -0.4 is 15.4 Å². The topological polar surface area (TPSA) is 101 Å². The lowest BCUT2D eigenvalue weighted by atomic mass is 9.93. The standard InChI is InChI=1S/C39H34N4O4/c1-47-32-19-20-34(38(45)41-24-27-10-6-5-9-26(27)21-30(41)23-40)37(22-32)42-25-35(33-13-7-8-14-36(33)42)39(46)43(28-11-3-2-4-12-28)29-15-17-31(44)18-16-29/h2-20,22,25,30,44H,21,23-24,40H2,1H3/t30-/m0/s1. The number of para-hydroxylation sites is 2. The molecule has 0 unspecified atom stereocenters. The monoisotopic (exact) mass is 622 g/mol. The highest BCUT2D eigenvalue weighted by molar-refractivity contribution is 6.17. The molecule has 0 radical (unpaired) electrons. The molecule has 47 heavy (non-hydrogen) atoms. The SMILES string of the molecule is COc1ccc(C(=O)N2Cc3ccccc3C[C@H]2CN)c(-n2cc(C(=O)N(c3ccccc3)c3ccc(O)cc3)c3ccccc32)c1. The fourth-order valence-electron chi connectivity index (χ4n) is 6.44. The number of carbonyl (C=O) groups excluding carboxylic acids is 2. The Hall–Kier alpha value is -5.86. The van der Waals surface area contributed by atoms with E-state index in [1.54, 1.807) is 54.6 Å². The molecule has 234 valence electrons. The molecule has 8 nitrogen and oxygen atoms in total. The number of benzene rings is 5. The van der Waals surface area contributed by atoms with Crippen LogP contribution in [0.2, 0.25) is 0 Å². The van der Waals surface area contributed by atoms with Crippen LogP contribution in [0.25, 0.3) is 16.6 Å². The zero-order valence-corrected chi connectivity index (χ0v) is 25.9. The Morgan fingerprint density at radius 1 is 0.830 bits per heavy atom. The number of nitrogens with two attached hydrogens (primary N) is 1. The molecule has 1 aliphatic rings. The van der Waals surface area contributed by atoms with Crippen LogP contribution in [0.3, 0.4) is 0 Å². The quantitative estimate of drug-likeness (QED) is 0.203. The minimum atomic E-state index is -0.261. The molecule has 2 heterocycles. The van der Waals surface area contributed by atoms with E-state index < -0.39 is 0 Å². The molecule has 0 saturated heterocycles. The molecule has 1 aromatic heterocycles. The number of hydrogen-bond acceptors (Lipinski definition) is 5. The molecule has 0 saturated carbocycles. The Bertz CT molecular complexity index is 2090. The molecule has 2 amide bonds. The third-order valence-electron chi connectivity index (χ3n) is 8.85. The highest BCUT2D eigenvalue weighted by Crippen LogP contribution is 2.35. The predicted molar refractivity (Wildman–Crippen MR) is 184 cm³/mol. The van der Waals surface area contributed by atoms with Crippen LogP contribution in [0.15, 0.2) is 128 Å². The molecule has 7 rings (SSSR count). The van der Waals surface area contributed by atoms with Gasteiger partial charge in [0, 0.05) is 48.2 Å². The van der Waals surface area contributed by atoms with Gasteiger partial charge in [-0.2, -0.15) is 0 Å². The lowest BCUT2D eigenvalue weighted by Crippen LogP contribution is -2.48. The molecule has 0 spiro atoms. The third kappa shape index (κ3) is 5.49. The summed E-state index contributed by atoms with van der Waals surface area (Å²) in [6.45, 7) is 0.792. The van der Waals surface area contributed by atoms with Crippen molar-refractivity contribution >= 4 is 34.1 Å². The Labute approximate surface area is 272 Å². The van der Waals surface area contributed by atoms with Gasteiger partial charge in [-0.15, -0.1) is 0 Å². The number of anilines is 2. The van der Waals surface area contributed by atoms with Crippen LogP contribution in [0, 0.1) is 0 Å². The van der Waals surface area contributed by atoms with Gasteiger partial charge in [0.15, 0.2) is 0 Å². The van der Waals surface area contributed by atoms with E-state index >= 15 is 0 Å². The van der Waals surface area contributed by atoms with Crippen LogP contribution in [0.4, 0.5) is 11.4 Å². The van der Waals surface area contributed by atoms with E-state index in [0.717, 1.165) is 16.5 Å². The highest BCUT2D eigenvalue weighted by Gasteiger charge is 2.32. The molecule has 0 aliphatic carbocycles. The third-order valence-corrected chi connectivity index (χ3v) is 8.85. The van der Waals surface area contributed by atoms with Crippen molar-refractivity contribution in [2.75, 3.05) is 18.6 Å². The molecule has 1 aliphatic heterocycles. The van der Waals surface area contributed by atoms with E-state index in [4.69, 9.17) is 10.5 Å². The molecule has 8 heteroatoms. The van der Waals surface area contributed by atoms with Crippen molar-refractivity contribution in [1.82, 2.24) is 9.47 Å². The van der Waals surface area contributed by atoms with E-state index in [2.05, 4.69) is 12.1 Å². The molecule has 3 N–H and O–H groups in total. The van der Waals surface area contributed by atoms with E-state index in [9.17, 15) is 14.7 Å². The molecular weight excluding hydrogens is 588 g/mol. The van der Waals surface area contributed by atoms with Gasteiger partial charge >= 0.3 is 0 Å². The van der Waals surface area contributed by atoms with Crippen LogP contribution in [0.1, 0.15) is 31.8 Å². The summed E-state index contributed by atoms with van der Waals surface area (Å²) in [5, 5.41) is 10.7. The Morgan fingerprint density at radius 3 is 2.26 bits per heavy atom. The number of ether oxygens (including phenoxy) is 1. The summed E-state index contributed by atoms with van der Waals surface area (Å²) in [5.41, 5.74) is 12.1. The number of carbonyl (C=O) groups is 2. The van der Waals surface area contributed by atoms with Crippen LogP contribution in [-0.4, -0.2) is 46.1 Å². The van der Waals surface area contributed by atoms with Crippen molar-refractivity contribution in [1.29, 1.82) is 0 Å². The first-order chi connectivity index (χ1) is 23.0. The Morgan fingerprint density at radius 2 is 1.51 bits per heavy atom. The van der Waals surface area contributed by atoms with Gasteiger partial charge in [0.25, 0.3) is 11.8 Å². The molecule has 6 aromatic rings. The average Bonchev–Trinajstić information content (AvgIpc) is 3.51. The van der Waals surface area contributed by atoms with Gasteiger partial charge in [-0.05, 0) is 72.1 Å². The second-order valence-corrected chi connectivity index (χ2v) is 11.6. The van der Waals surface area contributed by atoms with Crippen LogP contribution in [-0.2, 0) is 13.0 Å². The number of phenolic OH excluding ortho intramolecular Hbond substituents is 1. The van der Waals surface area contributed by atoms with Crippen LogP contribution >= 0.6 is 0 Å². The number of amides is 2. The lowest BCUT2D eigenvalue weighted by molar-refractivity contribution is 0.0647. The molecule has 5 aromatic carbocycles. The second-order valence-electron chi connectivity index (χ2n) is 11.6. The van der Waals surface area contributed by atoms with Gasteiger partial charge in [0.05, 0.1) is 29.4 Å². The largest absolute Gasteiger partial charge is 0.508 e. The number of aromatic nitrogens is 1. The first-order valence-electron chi connectivity index (χ1n) is 15.5. The van der Waals surface area contributed by atoms with Gasteiger partial charge < -0.3 is 25.0 Å². The summed E-state index contributed by atoms with van der Waals surface area (Å²) in [4.78, 5) is 32.6. The molecule has 1 atom stereocenters. The minimum Gasteiger partial charge on any atom is -0.508 e. The van der Waals surface area contributed by atoms with E-state index in [1.165, 1.54) is 5.56 Å². The molecule has 0 fully saturated rings. The fraction of sp³-hybridized carbons (Fsp3) is 0.128. The molecule has 0 bridgehead atoms. The summed E-state index contributed by atoms with van der Waals surface area (Å²) >= 11 is 0. The number of rotatable bonds is 7. The van der Waals surface area contributed by atoms with Crippen molar-refractivity contribution in [3.63, 3.8) is 0 Å². The Kier molecular flexibility index (Phi) is 7.93. The second kappa shape index (κ2) is 12.5. The maximum absolute atomic E-state index is 14.6. The predicted octanol–water partition coefficient (Wildman–Crippen LogP) is 6.85. The number of methoxy groups -OCH3 is 1. The first-order valence-corrected chi connectivity index (χ1v) is 15.5. The van der Waals surface area contributed by atoms with Gasteiger partial charge in [-0.25, -0.2) is 0 Å². The zero-order chi connectivity index (χ0) is 32.5. The van der Waals surface area contributed by atoms with Gasteiger partial charge in [-0.1, -0.05) is 60.7 Å². The van der Waals surface area contributed by atoms with Crippen molar-refractivity contribution < 1.29 is 19.4 Å². The highest BCUT2D eigenvalue weighted by atomic mass is 16.5. The summed E-state index contributed by atoms with van der Waals surface area (Å²) < 4.78 is 7.52. The summed E-state index contributed by atoms with van der Waals surface area (Å²) in [6, 6.07) is 37.0. The molecular formula is C39H34N4O4. The summed E-state index contributed by atoms with van der Waals surface area (Å²) in [6.07, 6.45) is 2.47. The summed E-state index contributed by atoms with van der Waals surface area (Å²) in [7, 11) is 1.59. The van der Waals surface area contributed by atoms with Gasteiger partial charge in [-0.3, -0.25) is 14.5 Å². The van der Waals surface area contributed by atoms with Crippen molar-refractivity contribution in [2.45, 2.75) is 19.0 Å². The van der Waals surface area contributed by atoms with Crippen molar-refractivity contribution in [3.05, 3.63) is 150 Å². The number of hydrogen-bond donors (Lipinski definition) is 2. The zero-order valence-electron chi connectivity index (χ0n) is 25.9. The average molecular weight is 623 g/mol. The number of nitrogens with zero attached hydrogens (tertiary/aromatic N) is 3. The Balaban J connectivity index is 1.37. The summed E-state index contributed by atoms with van der Waals surface area (Å²) in [5.74, 6) is 0.281. The van der Waals surface area contributed by atoms with Crippen LogP contribution in [0.5, 0.6) is 11.5 Å². The van der Waals surface area contributed by atoms with Crippen molar-refractivity contribution in [3.8, 4) is 17.2 Å². The normalized spacial score (nSPS) is 14.1. The number of fused-ring (bicyclic) bond motifs is 2. The lowest BCUT2D eigenvalue weighted by Gasteiger charge is -2.37. The van der Waals surface area contributed by atoms with Gasteiger partial charge in [0.1, 0.15) is 11.5 Å². The fourth-order valence-corrected chi connectivity index (χ4v) is 6.44. The number of phenols is 1. The van der Waals surface area contributed by atoms with Crippen molar-refractivity contribution in [2.24, 2.45) is 5.73 Å². The van der Waals surface area contributed by atoms with E-state index in [-0.39, 0.29) is 23.6 Å². The first kappa shape index (κ1) is 29.8. The maximum atomic E-state index is 14.6. The smallest absolute Gasteiger partial charge is 0.265 e. The number of aromatic hydroxyl groups is 1.